The van der Waals surface area contributed by atoms with Crippen LogP contribution in [0.2, 0.25) is 0 Å². The Morgan fingerprint density at radius 3 is 2.55 bits per heavy atom. The number of hydrogen-bond donors (Lipinski definition) is 1. The summed E-state index contributed by atoms with van der Waals surface area (Å²) in [6, 6.07) is 11.4. The van der Waals surface area contributed by atoms with Gasteiger partial charge in [-0.05, 0) is 52.3 Å². The number of nitrogen functional groups attached to an aromatic ring is 1. The van der Waals surface area contributed by atoms with E-state index in [1.165, 1.54) is 0 Å². The van der Waals surface area contributed by atoms with Gasteiger partial charge < -0.3 is 10.5 Å². The van der Waals surface area contributed by atoms with E-state index in [1.54, 1.807) is 12.4 Å². The monoisotopic (exact) mass is 392 g/mol. The van der Waals surface area contributed by atoms with Gasteiger partial charge in [0.25, 0.3) is 0 Å². The Balaban J connectivity index is 2.09. The van der Waals surface area contributed by atoms with E-state index in [1.807, 2.05) is 36.4 Å². The molecule has 0 bridgehead atoms. The number of nitrogens with two attached hydrogens (primary N) is 1. The van der Waals surface area contributed by atoms with Crippen molar-refractivity contribution in [2.45, 2.75) is 0 Å². The Kier molecular flexibility index (Phi) is 3.63. The molecule has 0 aliphatic rings. The van der Waals surface area contributed by atoms with Crippen LogP contribution in [0.4, 0.5) is 5.69 Å². The summed E-state index contributed by atoms with van der Waals surface area (Å²) in [6.45, 7) is 0. The van der Waals surface area contributed by atoms with Crippen molar-refractivity contribution < 1.29 is 4.74 Å². The van der Waals surface area contributed by atoms with Crippen LogP contribution < -0.4 is 10.5 Å². The van der Waals surface area contributed by atoms with Crippen molar-refractivity contribution in [3.8, 4) is 11.5 Å². The molecule has 2 N–H and O–H groups in total. The molecule has 0 aliphatic heterocycles. The minimum Gasteiger partial charge on any atom is -0.456 e. The minimum atomic E-state index is 0.690. The molecule has 100 valence electrons. The van der Waals surface area contributed by atoms with Crippen LogP contribution in [0.1, 0.15) is 0 Å². The first-order valence-electron chi connectivity index (χ1n) is 5.90. The number of fused-ring (bicyclic) bond motifs is 1. The number of aromatic nitrogens is 1. The summed E-state index contributed by atoms with van der Waals surface area (Å²) in [5, 5.41) is 1.83. The van der Waals surface area contributed by atoms with Crippen LogP contribution in [0.3, 0.4) is 0 Å². The van der Waals surface area contributed by atoms with E-state index >= 15 is 0 Å². The minimum absolute atomic E-state index is 0.690. The Labute approximate surface area is 133 Å². The standard InChI is InChI=1S/C15H10Br2N2O/c16-9-1-3-15(12(17)7-9)20-14-4-2-13(18)11-8-19-6-5-10(11)14/h1-8H,18H2. The molecule has 0 atom stereocenters. The normalized spacial score (nSPS) is 10.7. The maximum absolute atomic E-state index is 5.98. The maximum Gasteiger partial charge on any atom is 0.141 e. The lowest BCUT2D eigenvalue weighted by Gasteiger charge is -2.11. The van der Waals surface area contributed by atoms with Gasteiger partial charge in [0.15, 0.2) is 0 Å². The second-order valence-electron chi connectivity index (χ2n) is 4.25. The quantitative estimate of drug-likeness (QED) is 0.613. The molecule has 1 heterocycles. The summed E-state index contributed by atoms with van der Waals surface area (Å²) in [5.74, 6) is 1.50. The molecule has 0 unspecified atom stereocenters. The van der Waals surface area contributed by atoms with Crippen LogP contribution in [0, 0.1) is 0 Å². The summed E-state index contributed by atoms with van der Waals surface area (Å²) in [5.41, 5.74) is 6.65. The highest BCUT2D eigenvalue weighted by atomic mass is 79.9. The van der Waals surface area contributed by atoms with E-state index in [0.29, 0.717) is 5.69 Å². The molecule has 2 aromatic carbocycles. The zero-order valence-electron chi connectivity index (χ0n) is 10.3. The third kappa shape index (κ3) is 2.51. The third-order valence-corrected chi connectivity index (χ3v) is 4.04. The highest BCUT2D eigenvalue weighted by Gasteiger charge is 2.08. The van der Waals surface area contributed by atoms with Crippen molar-refractivity contribution in [2.75, 3.05) is 5.73 Å². The van der Waals surface area contributed by atoms with Crippen LogP contribution in [0.25, 0.3) is 10.8 Å². The fraction of sp³-hybridized carbons (Fsp3) is 0. The van der Waals surface area contributed by atoms with Gasteiger partial charge in [-0.2, -0.15) is 0 Å². The number of benzene rings is 2. The van der Waals surface area contributed by atoms with E-state index in [2.05, 4.69) is 36.8 Å². The Hall–Kier alpha value is -1.59. The summed E-state index contributed by atoms with van der Waals surface area (Å²) in [4.78, 5) is 4.10. The van der Waals surface area contributed by atoms with Gasteiger partial charge in [0.05, 0.1) is 4.47 Å². The molecule has 20 heavy (non-hydrogen) atoms. The van der Waals surface area contributed by atoms with Crippen LogP contribution in [0.5, 0.6) is 11.5 Å². The summed E-state index contributed by atoms with van der Waals surface area (Å²) >= 11 is 6.91. The lowest BCUT2D eigenvalue weighted by molar-refractivity contribution is 0.485. The molecule has 0 spiro atoms. The number of pyridine rings is 1. The van der Waals surface area contributed by atoms with Gasteiger partial charge in [-0.15, -0.1) is 0 Å². The molecule has 0 radical (unpaired) electrons. The molecule has 1 aromatic heterocycles. The van der Waals surface area contributed by atoms with Crippen molar-refractivity contribution in [3.63, 3.8) is 0 Å². The number of rotatable bonds is 2. The van der Waals surface area contributed by atoms with Crippen LogP contribution >= 0.6 is 31.9 Å². The van der Waals surface area contributed by atoms with Gasteiger partial charge in [0.2, 0.25) is 0 Å². The van der Waals surface area contributed by atoms with Crippen LogP contribution in [0.15, 0.2) is 57.7 Å². The first-order chi connectivity index (χ1) is 9.65. The predicted molar refractivity (Wildman–Crippen MR) is 88.1 cm³/mol. The van der Waals surface area contributed by atoms with Crippen molar-refractivity contribution in [3.05, 3.63) is 57.7 Å². The zero-order chi connectivity index (χ0) is 14.1. The first-order valence-corrected chi connectivity index (χ1v) is 7.49. The first kappa shape index (κ1) is 13.4. The van der Waals surface area contributed by atoms with E-state index in [0.717, 1.165) is 31.2 Å². The van der Waals surface area contributed by atoms with Crippen molar-refractivity contribution in [2.24, 2.45) is 0 Å². The molecule has 5 heteroatoms. The number of nitrogens with zero attached hydrogens (tertiary/aromatic N) is 1. The lowest BCUT2D eigenvalue weighted by Crippen LogP contribution is -1.92. The average molecular weight is 394 g/mol. The molecular weight excluding hydrogens is 384 g/mol. The number of hydrogen-bond acceptors (Lipinski definition) is 3. The smallest absolute Gasteiger partial charge is 0.141 e. The molecule has 3 rings (SSSR count). The molecule has 0 saturated carbocycles. The average Bonchev–Trinajstić information content (AvgIpc) is 2.45. The highest BCUT2D eigenvalue weighted by Crippen LogP contribution is 2.36. The number of ether oxygens (including phenoxy) is 1. The van der Waals surface area contributed by atoms with Gasteiger partial charge in [0, 0.05) is 33.3 Å². The maximum atomic E-state index is 5.98. The van der Waals surface area contributed by atoms with E-state index in [9.17, 15) is 0 Å². The van der Waals surface area contributed by atoms with Gasteiger partial charge >= 0.3 is 0 Å². The van der Waals surface area contributed by atoms with E-state index in [4.69, 9.17) is 10.5 Å². The van der Waals surface area contributed by atoms with Gasteiger partial charge in [-0.25, -0.2) is 0 Å². The van der Waals surface area contributed by atoms with Crippen LogP contribution in [-0.4, -0.2) is 4.98 Å². The van der Waals surface area contributed by atoms with Gasteiger partial charge in [-0.1, -0.05) is 15.9 Å². The van der Waals surface area contributed by atoms with Gasteiger partial charge in [0.1, 0.15) is 11.5 Å². The number of anilines is 1. The molecular formula is C15H10Br2N2O. The molecule has 0 fully saturated rings. The van der Waals surface area contributed by atoms with Crippen molar-refractivity contribution >= 4 is 48.3 Å². The Bertz CT molecular complexity index is 790. The fourth-order valence-corrected chi connectivity index (χ4v) is 3.08. The second kappa shape index (κ2) is 5.42. The fourth-order valence-electron chi connectivity index (χ4n) is 1.95. The molecule has 0 amide bonds. The van der Waals surface area contributed by atoms with Crippen LogP contribution in [-0.2, 0) is 0 Å². The summed E-state index contributed by atoms with van der Waals surface area (Å²) < 4.78 is 7.85. The topological polar surface area (TPSA) is 48.1 Å². The predicted octanol–water partition coefficient (Wildman–Crippen LogP) is 5.13. The Morgan fingerprint density at radius 1 is 0.950 bits per heavy atom. The second-order valence-corrected chi connectivity index (χ2v) is 6.02. The Morgan fingerprint density at radius 2 is 1.75 bits per heavy atom. The zero-order valence-corrected chi connectivity index (χ0v) is 13.5. The highest BCUT2D eigenvalue weighted by molar-refractivity contribution is 9.11. The third-order valence-electron chi connectivity index (χ3n) is 2.93. The van der Waals surface area contributed by atoms with E-state index in [-0.39, 0.29) is 0 Å². The molecule has 3 aromatic rings. The summed E-state index contributed by atoms with van der Waals surface area (Å²) in [7, 11) is 0. The number of halogens is 2. The van der Waals surface area contributed by atoms with E-state index < -0.39 is 0 Å². The van der Waals surface area contributed by atoms with Crippen molar-refractivity contribution in [1.29, 1.82) is 0 Å². The van der Waals surface area contributed by atoms with Crippen molar-refractivity contribution in [1.82, 2.24) is 4.98 Å². The molecule has 0 aliphatic carbocycles. The largest absolute Gasteiger partial charge is 0.456 e. The molecule has 3 nitrogen and oxygen atoms in total. The molecule has 0 saturated heterocycles. The lowest BCUT2D eigenvalue weighted by atomic mass is 10.1. The summed E-state index contributed by atoms with van der Waals surface area (Å²) in [6.07, 6.45) is 3.47. The SMILES string of the molecule is Nc1ccc(Oc2ccc(Br)cc2Br)c2ccncc12. The van der Waals surface area contributed by atoms with Gasteiger partial charge in [-0.3, -0.25) is 4.98 Å².